The van der Waals surface area contributed by atoms with Gasteiger partial charge in [0, 0.05) is 6.54 Å². The summed E-state index contributed by atoms with van der Waals surface area (Å²) >= 11 is 0.446. The van der Waals surface area contributed by atoms with E-state index in [1.165, 1.54) is 19.1 Å². The van der Waals surface area contributed by atoms with Gasteiger partial charge in [0.1, 0.15) is 21.7 Å². The molecule has 6 nitrogen and oxygen atoms in total. The van der Waals surface area contributed by atoms with Crippen LogP contribution in [0.2, 0.25) is 0 Å². The monoisotopic (exact) mass is 511 g/mol. The largest absolute Gasteiger partial charge is 0.573 e. The van der Waals surface area contributed by atoms with Crippen LogP contribution < -0.4 is 10.1 Å². The lowest BCUT2D eigenvalue weighted by Crippen LogP contribution is -2.33. The van der Waals surface area contributed by atoms with Crippen molar-refractivity contribution in [1.82, 2.24) is 15.2 Å². The zero-order chi connectivity index (χ0) is 25.1. The number of likely N-dealkylation sites (tertiary alicyclic amines) is 1. The fourth-order valence-electron chi connectivity index (χ4n) is 3.62. The summed E-state index contributed by atoms with van der Waals surface area (Å²) in [5.74, 6) is -1.63. The second-order valence-electron chi connectivity index (χ2n) is 7.92. The molecular weight excluding hydrogens is 488 g/mol. The van der Waals surface area contributed by atoms with Crippen molar-refractivity contribution in [2.24, 2.45) is 0 Å². The van der Waals surface area contributed by atoms with Crippen molar-refractivity contribution in [3.8, 4) is 5.75 Å². The third kappa shape index (κ3) is 7.06. The summed E-state index contributed by atoms with van der Waals surface area (Å²) in [5.41, 5.74) is -1.22. The molecule has 2 atom stereocenters. The van der Waals surface area contributed by atoms with Gasteiger partial charge in [0.2, 0.25) is 0 Å². The van der Waals surface area contributed by atoms with E-state index in [9.17, 15) is 36.2 Å². The van der Waals surface area contributed by atoms with E-state index in [4.69, 9.17) is 0 Å². The van der Waals surface area contributed by atoms with Gasteiger partial charge in [-0.3, -0.25) is 4.79 Å². The topological polar surface area (TPSA) is 74.7 Å². The highest BCUT2D eigenvalue weighted by Gasteiger charge is 2.40. The Balaban J connectivity index is 1.77. The second-order valence-corrected chi connectivity index (χ2v) is 8.95. The van der Waals surface area contributed by atoms with Crippen molar-refractivity contribution in [1.29, 1.82) is 0 Å². The van der Waals surface area contributed by atoms with Crippen LogP contribution in [-0.2, 0) is 6.18 Å². The molecule has 1 aliphatic heterocycles. The Bertz CT molecular complexity index is 989. The number of alkyl halides is 6. The van der Waals surface area contributed by atoms with Crippen molar-refractivity contribution in [2.45, 2.75) is 50.9 Å². The number of thiazole rings is 1. The van der Waals surface area contributed by atoms with E-state index in [2.05, 4.69) is 15.0 Å². The van der Waals surface area contributed by atoms with Gasteiger partial charge >= 0.3 is 12.5 Å². The predicted octanol–water partition coefficient (Wildman–Crippen LogP) is 5.07. The third-order valence-electron chi connectivity index (χ3n) is 5.22. The van der Waals surface area contributed by atoms with Crippen LogP contribution >= 0.6 is 11.3 Å². The fraction of sp³-hybridized carbons (Fsp3) is 0.524. The van der Waals surface area contributed by atoms with E-state index >= 15 is 0 Å². The van der Waals surface area contributed by atoms with E-state index in [1.54, 1.807) is 0 Å². The summed E-state index contributed by atoms with van der Waals surface area (Å²) in [7, 11) is 0. The average molecular weight is 511 g/mol. The maximum atomic E-state index is 13.6. The van der Waals surface area contributed by atoms with Crippen LogP contribution in [0.1, 0.15) is 64.3 Å². The fourth-order valence-corrected chi connectivity index (χ4v) is 4.58. The molecule has 1 aliphatic rings. The number of halogens is 6. The van der Waals surface area contributed by atoms with E-state index in [1.807, 2.05) is 4.90 Å². The lowest BCUT2D eigenvalue weighted by Gasteiger charge is -2.27. The van der Waals surface area contributed by atoms with Crippen molar-refractivity contribution >= 4 is 17.2 Å². The minimum absolute atomic E-state index is 0.105. The lowest BCUT2D eigenvalue weighted by atomic mass is 10.1. The molecule has 0 bridgehead atoms. The Morgan fingerprint density at radius 3 is 2.50 bits per heavy atom. The van der Waals surface area contributed by atoms with Gasteiger partial charge in [0.25, 0.3) is 5.91 Å². The summed E-state index contributed by atoms with van der Waals surface area (Å²) in [5, 5.41) is 12.6. The standard InChI is InChI=1S/C21H23F6N3O3S/c1-12(13-6-5-7-14(10-13)33-21(25,26)27)28-18(32)16-17(20(22,23)24)29-19(34-16)15(31)11-30-8-3-2-4-9-30/h5-7,10,12,15,31H,2-4,8-9,11H2,1H3,(H,28,32). The maximum absolute atomic E-state index is 13.6. The Morgan fingerprint density at radius 1 is 1.21 bits per heavy atom. The van der Waals surface area contributed by atoms with Crippen LogP contribution in [0.4, 0.5) is 26.3 Å². The first kappa shape index (κ1) is 26.2. The molecule has 34 heavy (non-hydrogen) atoms. The Morgan fingerprint density at radius 2 is 1.88 bits per heavy atom. The molecule has 2 N–H and O–H groups in total. The number of nitrogens with zero attached hydrogens (tertiary/aromatic N) is 2. The number of aliphatic hydroxyl groups is 1. The van der Waals surface area contributed by atoms with Crippen LogP contribution in [0.15, 0.2) is 24.3 Å². The van der Waals surface area contributed by atoms with Crippen LogP contribution in [0.5, 0.6) is 5.75 Å². The number of benzene rings is 1. The smallest absolute Gasteiger partial charge is 0.406 e. The number of hydrogen-bond donors (Lipinski definition) is 2. The van der Waals surface area contributed by atoms with Gasteiger partial charge in [-0.1, -0.05) is 18.6 Å². The van der Waals surface area contributed by atoms with Crippen LogP contribution in [0.3, 0.4) is 0 Å². The van der Waals surface area contributed by atoms with E-state index in [0.29, 0.717) is 11.3 Å². The molecule has 0 spiro atoms. The van der Waals surface area contributed by atoms with Gasteiger partial charge in [-0.2, -0.15) is 13.2 Å². The first-order valence-corrected chi connectivity index (χ1v) is 11.3. The molecule has 188 valence electrons. The molecule has 1 amide bonds. The maximum Gasteiger partial charge on any atom is 0.573 e. The molecule has 13 heteroatoms. The van der Waals surface area contributed by atoms with Crippen molar-refractivity contribution in [2.75, 3.05) is 19.6 Å². The number of amides is 1. The molecule has 2 heterocycles. The summed E-state index contributed by atoms with van der Waals surface area (Å²) in [6, 6.07) is 3.83. The number of carbonyl (C=O) groups is 1. The Kier molecular flexibility index (Phi) is 8.09. The Hall–Kier alpha value is -2.38. The van der Waals surface area contributed by atoms with Gasteiger partial charge in [0.05, 0.1) is 6.04 Å². The number of ether oxygens (including phenoxy) is 1. The second kappa shape index (κ2) is 10.5. The summed E-state index contributed by atoms with van der Waals surface area (Å²) < 4.78 is 81.9. The van der Waals surface area contributed by atoms with E-state index in [-0.39, 0.29) is 17.1 Å². The van der Waals surface area contributed by atoms with Gasteiger partial charge in [-0.15, -0.1) is 24.5 Å². The minimum Gasteiger partial charge on any atom is -0.406 e. The SMILES string of the molecule is CC(NC(=O)c1sc(C(O)CN2CCCCC2)nc1C(F)(F)F)c1cccc(OC(F)(F)F)c1. The highest BCUT2D eigenvalue weighted by Crippen LogP contribution is 2.37. The van der Waals surface area contributed by atoms with Crippen molar-refractivity contribution in [3.63, 3.8) is 0 Å². The highest BCUT2D eigenvalue weighted by molar-refractivity contribution is 7.13. The molecule has 1 aromatic carbocycles. The van der Waals surface area contributed by atoms with Gasteiger partial charge in [-0.25, -0.2) is 4.98 Å². The first-order valence-electron chi connectivity index (χ1n) is 10.5. The van der Waals surface area contributed by atoms with Crippen LogP contribution in [0, 0.1) is 0 Å². The number of β-amino-alcohol motifs (C(OH)–C–C–N with tert-alkyl or cyclic N) is 1. The number of carbonyl (C=O) groups excluding carboxylic acids is 1. The summed E-state index contributed by atoms with van der Waals surface area (Å²) in [6.45, 7) is 2.95. The van der Waals surface area contributed by atoms with Crippen LogP contribution in [0.25, 0.3) is 0 Å². The molecule has 1 aromatic heterocycles. The molecule has 3 rings (SSSR count). The highest BCUT2D eigenvalue weighted by atomic mass is 32.1. The predicted molar refractivity (Wildman–Crippen MR) is 111 cm³/mol. The zero-order valence-electron chi connectivity index (χ0n) is 18.0. The van der Waals surface area contributed by atoms with Crippen molar-refractivity contribution < 1.29 is 41.0 Å². The quantitative estimate of drug-likeness (QED) is 0.508. The Labute approximate surface area is 195 Å². The number of aromatic nitrogens is 1. The molecule has 0 saturated carbocycles. The van der Waals surface area contributed by atoms with Gasteiger partial charge in [-0.05, 0) is 50.6 Å². The van der Waals surface area contributed by atoms with Crippen LogP contribution in [-0.4, -0.2) is 46.9 Å². The lowest BCUT2D eigenvalue weighted by molar-refractivity contribution is -0.274. The number of hydrogen-bond acceptors (Lipinski definition) is 6. The number of aliphatic hydroxyl groups excluding tert-OH is 1. The minimum atomic E-state index is -4.93. The zero-order valence-corrected chi connectivity index (χ0v) is 18.9. The number of nitrogens with one attached hydrogen (secondary N) is 1. The van der Waals surface area contributed by atoms with E-state index < -0.39 is 46.9 Å². The molecule has 0 aliphatic carbocycles. The number of rotatable bonds is 7. The summed E-state index contributed by atoms with van der Waals surface area (Å²) in [6.07, 6.45) is -8.23. The molecular formula is C21H23F6N3O3S. The average Bonchev–Trinajstić information content (AvgIpc) is 3.20. The van der Waals surface area contributed by atoms with Gasteiger partial charge in [0.15, 0.2) is 5.69 Å². The normalized spacial score (nSPS) is 17.3. The third-order valence-corrected chi connectivity index (χ3v) is 6.38. The van der Waals surface area contributed by atoms with Crippen molar-refractivity contribution in [3.05, 3.63) is 45.4 Å². The number of piperidine rings is 1. The molecule has 2 aromatic rings. The summed E-state index contributed by atoms with van der Waals surface area (Å²) in [4.78, 5) is 17.4. The molecule has 1 saturated heterocycles. The molecule has 1 fully saturated rings. The molecule has 2 unspecified atom stereocenters. The van der Waals surface area contributed by atoms with Gasteiger partial charge < -0.3 is 20.1 Å². The van der Waals surface area contributed by atoms with E-state index in [0.717, 1.165) is 44.5 Å². The molecule has 0 radical (unpaired) electrons. The first-order chi connectivity index (χ1) is 15.8.